The van der Waals surface area contributed by atoms with Crippen LogP contribution in [0, 0.1) is 0 Å². The van der Waals surface area contributed by atoms with Gasteiger partial charge in [-0.1, -0.05) is 12.6 Å². The van der Waals surface area contributed by atoms with Crippen molar-refractivity contribution in [1.29, 1.82) is 0 Å². The number of pyridine rings is 1. The van der Waals surface area contributed by atoms with Gasteiger partial charge in [-0.15, -0.1) is 0 Å². The van der Waals surface area contributed by atoms with Gasteiger partial charge in [-0.3, -0.25) is 4.98 Å². The van der Waals surface area contributed by atoms with Crippen molar-refractivity contribution in [3.05, 3.63) is 24.5 Å². The third-order valence-corrected chi connectivity index (χ3v) is 1.35. The zero-order valence-electron chi connectivity index (χ0n) is 6.32. The Bertz CT molecular complexity index is 264. The summed E-state index contributed by atoms with van der Waals surface area (Å²) in [5, 5.41) is -3.81. The van der Waals surface area contributed by atoms with E-state index in [0.29, 0.717) is 0 Å². The van der Waals surface area contributed by atoms with E-state index in [1.54, 1.807) is 0 Å². The van der Waals surface area contributed by atoms with Gasteiger partial charge in [-0.2, -0.15) is 13.2 Å². The molecule has 72 valence electrons. The zero-order chi connectivity index (χ0) is 9.90. The van der Waals surface area contributed by atoms with E-state index in [0.717, 1.165) is 6.20 Å². The Morgan fingerprint density at radius 3 is 2.69 bits per heavy atom. The van der Waals surface area contributed by atoms with Crippen LogP contribution in [0.2, 0.25) is 0 Å². The van der Waals surface area contributed by atoms with Crippen LogP contribution in [-0.4, -0.2) is 16.6 Å². The maximum atomic E-state index is 12.5. The average Bonchev–Trinajstić information content (AvgIpc) is 2.04. The fourth-order valence-corrected chi connectivity index (χ4v) is 0.660. The van der Waals surface area contributed by atoms with Crippen LogP contribution in [-0.2, 0) is 0 Å². The summed E-state index contributed by atoms with van der Waals surface area (Å²) < 4.78 is 41.0. The molecule has 0 spiro atoms. The quantitative estimate of drug-likeness (QED) is 0.771. The summed E-state index contributed by atoms with van der Waals surface area (Å²) in [7, 11) is 0. The van der Waals surface area contributed by atoms with Crippen molar-refractivity contribution >= 4 is 12.6 Å². The van der Waals surface area contributed by atoms with Crippen LogP contribution in [0.3, 0.4) is 0 Å². The normalized spacial score (nSPS) is 13.8. The van der Waals surface area contributed by atoms with Crippen molar-refractivity contribution in [3.63, 3.8) is 0 Å². The summed E-state index contributed by atoms with van der Waals surface area (Å²) in [6.45, 7) is 0. The monoisotopic (exact) mass is 209 g/mol. The number of hydrogen-bond donors (Lipinski definition) is 1. The molecule has 0 saturated carbocycles. The van der Waals surface area contributed by atoms with Gasteiger partial charge in [-0.05, 0) is 12.1 Å². The van der Waals surface area contributed by atoms with Gasteiger partial charge in [0.2, 0.25) is 0 Å². The lowest BCUT2D eigenvalue weighted by atomic mass is 10.5. The minimum absolute atomic E-state index is 0.0660. The van der Waals surface area contributed by atoms with Gasteiger partial charge >= 0.3 is 11.6 Å². The molecule has 0 aliphatic rings. The van der Waals surface area contributed by atoms with Crippen LogP contribution in [0.5, 0.6) is 5.75 Å². The predicted molar refractivity (Wildman–Crippen MR) is 43.7 cm³/mol. The predicted octanol–water partition coefficient (Wildman–Crippen LogP) is 2.28. The van der Waals surface area contributed by atoms with Gasteiger partial charge < -0.3 is 4.74 Å². The third-order valence-electron chi connectivity index (χ3n) is 1.15. The smallest absolute Gasteiger partial charge is 0.356 e. The number of alkyl halides is 3. The second-order valence-corrected chi connectivity index (χ2v) is 2.81. The molecule has 0 aliphatic heterocycles. The molecule has 0 saturated heterocycles. The first-order valence-electron chi connectivity index (χ1n) is 3.31. The number of aromatic nitrogens is 1. The maximum Gasteiger partial charge on any atom is 0.356 e. The Kier molecular flexibility index (Phi) is 3.02. The number of ether oxygens (including phenoxy) is 1. The van der Waals surface area contributed by atoms with Gasteiger partial charge in [-0.25, -0.2) is 0 Å². The molecule has 0 aliphatic carbocycles. The van der Waals surface area contributed by atoms with E-state index in [1.807, 2.05) is 0 Å². The van der Waals surface area contributed by atoms with Crippen LogP contribution in [0.4, 0.5) is 13.2 Å². The highest BCUT2D eigenvalue weighted by atomic mass is 32.1. The fraction of sp³-hybridized carbons (Fsp3) is 0.286. The van der Waals surface area contributed by atoms with Crippen LogP contribution in [0.25, 0.3) is 0 Å². The molecule has 1 unspecified atom stereocenters. The van der Waals surface area contributed by atoms with E-state index in [9.17, 15) is 13.2 Å². The highest BCUT2D eigenvalue weighted by molar-refractivity contribution is 7.81. The first kappa shape index (κ1) is 10.2. The highest BCUT2D eigenvalue weighted by Gasteiger charge is 2.37. The summed E-state index contributed by atoms with van der Waals surface area (Å²) in [4.78, 5) is 3.56. The number of rotatable bonds is 3. The van der Waals surface area contributed by atoms with Gasteiger partial charge in [0.25, 0.3) is 0 Å². The lowest BCUT2D eigenvalue weighted by molar-refractivity contribution is -0.0901. The van der Waals surface area contributed by atoms with Crippen LogP contribution < -0.4 is 4.74 Å². The molecule has 6 heteroatoms. The van der Waals surface area contributed by atoms with Crippen LogP contribution >= 0.6 is 12.6 Å². The molecule has 0 bridgehead atoms. The Labute approximate surface area is 78.1 Å². The van der Waals surface area contributed by atoms with Crippen molar-refractivity contribution < 1.29 is 17.9 Å². The second-order valence-electron chi connectivity index (χ2n) is 2.21. The lowest BCUT2D eigenvalue weighted by Gasteiger charge is -2.15. The average molecular weight is 209 g/mol. The SMILES string of the molecule is FC(Oc1cccnc1)C(F)(F)S. The highest BCUT2D eigenvalue weighted by Crippen LogP contribution is 2.27. The number of thiol groups is 1. The Balaban J connectivity index is 2.61. The van der Waals surface area contributed by atoms with E-state index >= 15 is 0 Å². The Hall–Kier alpha value is -0.910. The van der Waals surface area contributed by atoms with E-state index < -0.39 is 11.6 Å². The largest absolute Gasteiger partial charge is 0.452 e. The molecular formula is C7H6F3NOS. The molecule has 0 aromatic carbocycles. The Morgan fingerprint density at radius 2 is 2.23 bits per heavy atom. The summed E-state index contributed by atoms with van der Waals surface area (Å²) in [6.07, 6.45) is -0.231. The minimum Gasteiger partial charge on any atom is -0.452 e. The molecule has 0 fully saturated rings. The molecule has 1 heterocycles. The van der Waals surface area contributed by atoms with Gasteiger partial charge in [0.15, 0.2) is 0 Å². The first-order valence-corrected chi connectivity index (χ1v) is 3.76. The second kappa shape index (κ2) is 3.87. The van der Waals surface area contributed by atoms with Crippen molar-refractivity contribution in [3.8, 4) is 5.75 Å². The standard InChI is InChI=1S/C7H6F3NOS/c8-6(7(9,10)13)12-5-2-1-3-11-4-5/h1-4,6,13H. The van der Waals surface area contributed by atoms with E-state index in [-0.39, 0.29) is 5.75 Å². The molecular weight excluding hydrogens is 203 g/mol. The van der Waals surface area contributed by atoms with E-state index in [2.05, 4.69) is 22.3 Å². The molecule has 1 atom stereocenters. The summed E-state index contributed by atoms with van der Waals surface area (Å²) in [6, 6.07) is 2.76. The number of halogens is 3. The van der Waals surface area contributed by atoms with Crippen molar-refractivity contribution in [2.45, 2.75) is 11.6 Å². The van der Waals surface area contributed by atoms with Gasteiger partial charge in [0.1, 0.15) is 5.75 Å². The topological polar surface area (TPSA) is 22.1 Å². The van der Waals surface area contributed by atoms with Gasteiger partial charge in [0, 0.05) is 6.20 Å². The zero-order valence-corrected chi connectivity index (χ0v) is 7.22. The maximum absolute atomic E-state index is 12.5. The molecule has 0 amide bonds. The van der Waals surface area contributed by atoms with Crippen molar-refractivity contribution in [1.82, 2.24) is 4.98 Å². The van der Waals surface area contributed by atoms with Crippen LogP contribution in [0.1, 0.15) is 0 Å². The van der Waals surface area contributed by atoms with Crippen LogP contribution in [0.15, 0.2) is 24.5 Å². The molecule has 1 aromatic heterocycles. The third kappa shape index (κ3) is 3.14. The molecule has 13 heavy (non-hydrogen) atoms. The van der Waals surface area contributed by atoms with Gasteiger partial charge in [0.05, 0.1) is 6.20 Å². The number of nitrogens with zero attached hydrogens (tertiary/aromatic N) is 1. The molecule has 1 aromatic rings. The molecule has 1 rings (SSSR count). The van der Waals surface area contributed by atoms with Crippen molar-refractivity contribution in [2.24, 2.45) is 0 Å². The first-order chi connectivity index (χ1) is 6.00. The molecule has 0 N–H and O–H groups in total. The summed E-state index contributed by atoms with van der Waals surface area (Å²) in [5.41, 5.74) is 0. The fourth-order valence-electron chi connectivity index (χ4n) is 0.607. The van der Waals surface area contributed by atoms with Crippen molar-refractivity contribution in [2.75, 3.05) is 0 Å². The minimum atomic E-state index is -3.81. The molecule has 0 radical (unpaired) electrons. The Morgan fingerprint density at radius 1 is 1.54 bits per heavy atom. The van der Waals surface area contributed by atoms with E-state index in [4.69, 9.17) is 0 Å². The molecule has 2 nitrogen and oxygen atoms in total. The lowest BCUT2D eigenvalue weighted by Crippen LogP contribution is -2.28. The summed E-state index contributed by atoms with van der Waals surface area (Å²) in [5.74, 6) is -0.0660. The number of hydrogen-bond acceptors (Lipinski definition) is 3. The van der Waals surface area contributed by atoms with E-state index in [1.165, 1.54) is 18.3 Å². The summed E-state index contributed by atoms with van der Waals surface area (Å²) >= 11 is 2.73.